The molecule has 0 fully saturated rings. The summed E-state index contributed by atoms with van der Waals surface area (Å²) in [6.45, 7) is 6.06. The quantitative estimate of drug-likeness (QED) is 0.319. The average molecular weight is 415 g/mol. The molecule has 6 heteroatoms. The van der Waals surface area contributed by atoms with E-state index in [1.54, 1.807) is 12.4 Å². The van der Waals surface area contributed by atoms with Crippen molar-refractivity contribution in [3.8, 4) is 17.1 Å². The number of carbonyl (C=O) groups excluding carboxylic acids is 1. The molecule has 5 nitrogen and oxygen atoms in total. The fourth-order valence-electron chi connectivity index (χ4n) is 3.41. The number of aryl methyl sites for hydroxylation is 3. The van der Waals surface area contributed by atoms with Gasteiger partial charge >= 0.3 is 0 Å². The molecule has 30 heavy (non-hydrogen) atoms. The zero-order valence-electron chi connectivity index (χ0n) is 17.2. The van der Waals surface area contributed by atoms with Crippen LogP contribution in [0.2, 0.25) is 0 Å². The molecule has 150 valence electrons. The van der Waals surface area contributed by atoms with E-state index < -0.39 is 0 Å². The summed E-state index contributed by atoms with van der Waals surface area (Å²) in [5.74, 6) is 1.08. The van der Waals surface area contributed by atoms with Gasteiger partial charge in [-0.15, -0.1) is 10.2 Å². The van der Waals surface area contributed by atoms with Gasteiger partial charge in [-0.2, -0.15) is 0 Å². The predicted molar refractivity (Wildman–Crippen MR) is 120 cm³/mol. The summed E-state index contributed by atoms with van der Waals surface area (Å²) >= 11 is 1.40. The fourth-order valence-corrected chi connectivity index (χ4v) is 4.24. The molecule has 0 atom stereocenters. The van der Waals surface area contributed by atoms with Crippen LogP contribution in [0, 0.1) is 20.8 Å². The Balaban J connectivity index is 1.69. The topological polar surface area (TPSA) is 60.7 Å². The number of aromatic nitrogens is 4. The smallest absolute Gasteiger partial charge is 0.196 e. The SMILES string of the molecule is Cc1ccc(C(=O)CSc2nnc(-c3cccnc3)n2-c2ccccc2C)c(C)c1. The molecule has 2 heterocycles. The van der Waals surface area contributed by atoms with E-state index in [0.29, 0.717) is 16.7 Å². The summed E-state index contributed by atoms with van der Waals surface area (Å²) in [5, 5.41) is 9.51. The number of ketones is 1. The number of nitrogens with zero attached hydrogens (tertiary/aromatic N) is 4. The average Bonchev–Trinajstić information content (AvgIpc) is 3.16. The lowest BCUT2D eigenvalue weighted by Crippen LogP contribution is -2.07. The number of thioether (sulfide) groups is 1. The summed E-state index contributed by atoms with van der Waals surface area (Å²) in [6.07, 6.45) is 3.50. The van der Waals surface area contributed by atoms with Gasteiger partial charge in [0.05, 0.1) is 11.4 Å². The fraction of sp³-hybridized carbons (Fsp3) is 0.167. The highest BCUT2D eigenvalue weighted by atomic mass is 32.2. The number of benzene rings is 2. The van der Waals surface area contributed by atoms with Crippen molar-refractivity contribution < 1.29 is 4.79 Å². The zero-order chi connectivity index (χ0) is 21.1. The zero-order valence-corrected chi connectivity index (χ0v) is 18.0. The first-order valence-corrected chi connectivity index (χ1v) is 10.7. The Morgan fingerprint density at radius 3 is 2.53 bits per heavy atom. The third-order valence-corrected chi connectivity index (χ3v) is 5.85. The molecule has 2 aromatic carbocycles. The first-order valence-electron chi connectivity index (χ1n) is 9.69. The van der Waals surface area contributed by atoms with Crippen molar-refractivity contribution in [1.82, 2.24) is 19.7 Å². The molecule has 0 N–H and O–H groups in total. The maximum Gasteiger partial charge on any atom is 0.196 e. The van der Waals surface area contributed by atoms with Crippen LogP contribution in [0.15, 0.2) is 72.1 Å². The van der Waals surface area contributed by atoms with E-state index in [1.165, 1.54) is 11.8 Å². The second kappa shape index (κ2) is 8.63. The molecule has 0 amide bonds. The van der Waals surface area contributed by atoms with Crippen molar-refractivity contribution in [2.75, 3.05) is 5.75 Å². The van der Waals surface area contributed by atoms with Gasteiger partial charge in [-0.3, -0.25) is 14.3 Å². The molecule has 0 aliphatic carbocycles. The Labute approximate surface area is 180 Å². The van der Waals surface area contributed by atoms with Crippen LogP contribution in [0.1, 0.15) is 27.0 Å². The molecule has 0 aliphatic rings. The normalized spacial score (nSPS) is 10.9. The Morgan fingerprint density at radius 1 is 0.967 bits per heavy atom. The molecule has 0 saturated heterocycles. The van der Waals surface area contributed by atoms with Gasteiger partial charge in [0, 0.05) is 23.5 Å². The first kappa shape index (κ1) is 20.0. The van der Waals surface area contributed by atoms with Crippen LogP contribution >= 0.6 is 11.8 Å². The standard InChI is InChI=1S/C24H22N4OS/c1-16-10-11-20(18(3)13-16)22(29)15-30-24-27-26-23(19-8-6-12-25-14-19)28(24)21-9-5-4-7-17(21)2/h4-14H,15H2,1-3H3. The third kappa shape index (κ3) is 4.04. The van der Waals surface area contributed by atoms with Gasteiger partial charge in [-0.1, -0.05) is 53.7 Å². The van der Waals surface area contributed by atoms with Crippen molar-refractivity contribution in [3.63, 3.8) is 0 Å². The highest BCUT2D eigenvalue weighted by Gasteiger charge is 2.19. The second-order valence-electron chi connectivity index (χ2n) is 7.20. The molecule has 0 aliphatic heterocycles. The number of para-hydroxylation sites is 1. The van der Waals surface area contributed by atoms with Crippen molar-refractivity contribution in [2.45, 2.75) is 25.9 Å². The van der Waals surface area contributed by atoms with E-state index in [1.807, 2.05) is 66.9 Å². The van der Waals surface area contributed by atoms with E-state index in [0.717, 1.165) is 33.5 Å². The van der Waals surface area contributed by atoms with Crippen LogP contribution < -0.4 is 0 Å². The Bertz CT molecular complexity index is 1200. The lowest BCUT2D eigenvalue weighted by molar-refractivity contribution is 0.102. The predicted octanol–water partition coefficient (Wildman–Crippen LogP) is 5.23. The minimum atomic E-state index is 0.0831. The van der Waals surface area contributed by atoms with Crippen LogP contribution in [0.4, 0.5) is 0 Å². The number of hydrogen-bond donors (Lipinski definition) is 0. The summed E-state index contributed by atoms with van der Waals surface area (Å²) in [6, 6.07) is 17.8. The number of hydrogen-bond acceptors (Lipinski definition) is 5. The lowest BCUT2D eigenvalue weighted by atomic mass is 10.0. The molecular formula is C24H22N4OS. The Morgan fingerprint density at radius 2 is 1.80 bits per heavy atom. The van der Waals surface area contributed by atoms with Crippen LogP contribution in [0.3, 0.4) is 0 Å². The van der Waals surface area contributed by atoms with Crippen molar-refractivity contribution in [2.24, 2.45) is 0 Å². The molecule has 2 aromatic heterocycles. The Hall–Kier alpha value is -3.25. The van der Waals surface area contributed by atoms with E-state index in [2.05, 4.69) is 28.2 Å². The maximum absolute atomic E-state index is 12.9. The molecule has 0 saturated carbocycles. The minimum Gasteiger partial charge on any atom is -0.293 e. The highest BCUT2D eigenvalue weighted by Crippen LogP contribution is 2.29. The van der Waals surface area contributed by atoms with E-state index in [9.17, 15) is 4.79 Å². The monoisotopic (exact) mass is 414 g/mol. The van der Waals surface area contributed by atoms with E-state index in [-0.39, 0.29) is 5.78 Å². The number of carbonyl (C=O) groups is 1. The van der Waals surface area contributed by atoms with Crippen LogP contribution in [-0.4, -0.2) is 31.3 Å². The van der Waals surface area contributed by atoms with Gasteiger partial charge in [-0.05, 0) is 50.1 Å². The maximum atomic E-state index is 12.9. The van der Waals surface area contributed by atoms with Gasteiger partial charge < -0.3 is 0 Å². The number of rotatable bonds is 6. The molecule has 4 rings (SSSR count). The molecule has 0 unspecified atom stereocenters. The number of pyridine rings is 1. The van der Waals surface area contributed by atoms with Crippen molar-refractivity contribution in [1.29, 1.82) is 0 Å². The summed E-state index contributed by atoms with van der Waals surface area (Å²) in [5.41, 5.74) is 5.87. The van der Waals surface area contributed by atoms with Gasteiger partial charge in [0.25, 0.3) is 0 Å². The van der Waals surface area contributed by atoms with Gasteiger partial charge in [0.15, 0.2) is 16.8 Å². The lowest BCUT2D eigenvalue weighted by Gasteiger charge is -2.13. The summed E-state index contributed by atoms with van der Waals surface area (Å²) in [4.78, 5) is 17.1. The highest BCUT2D eigenvalue weighted by molar-refractivity contribution is 7.99. The van der Waals surface area contributed by atoms with Gasteiger partial charge in [0.1, 0.15) is 0 Å². The molecular weight excluding hydrogens is 392 g/mol. The van der Waals surface area contributed by atoms with Crippen molar-refractivity contribution in [3.05, 3.63) is 89.2 Å². The molecule has 0 spiro atoms. The third-order valence-electron chi connectivity index (χ3n) is 4.92. The van der Waals surface area contributed by atoms with Crippen LogP contribution in [0.25, 0.3) is 17.1 Å². The molecule has 4 aromatic rings. The van der Waals surface area contributed by atoms with Crippen LogP contribution in [-0.2, 0) is 0 Å². The molecule has 0 bridgehead atoms. The Kier molecular flexibility index (Phi) is 5.77. The second-order valence-corrected chi connectivity index (χ2v) is 8.14. The first-order chi connectivity index (χ1) is 14.5. The minimum absolute atomic E-state index is 0.0831. The van der Waals surface area contributed by atoms with Crippen LogP contribution in [0.5, 0.6) is 0 Å². The van der Waals surface area contributed by atoms with Crippen molar-refractivity contribution >= 4 is 17.5 Å². The summed E-state index contributed by atoms with van der Waals surface area (Å²) < 4.78 is 2.01. The summed E-state index contributed by atoms with van der Waals surface area (Å²) in [7, 11) is 0. The van der Waals surface area contributed by atoms with E-state index in [4.69, 9.17) is 0 Å². The van der Waals surface area contributed by atoms with E-state index >= 15 is 0 Å². The largest absolute Gasteiger partial charge is 0.293 e. The van der Waals surface area contributed by atoms with Gasteiger partial charge in [0.2, 0.25) is 0 Å². The van der Waals surface area contributed by atoms with Gasteiger partial charge in [-0.25, -0.2) is 0 Å². The number of Topliss-reactive ketones (excluding diaryl/α,β-unsaturated/α-hetero) is 1. The molecule has 0 radical (unpaired) electrons.